The fourth-order valence-corrected chi connectivity index (χ4v) is 4.03. The number of anilines is 1. The molecule has 2 aromatic carbocycles. The minimum atomic E-state index is -0.0343. The van der Waals surface area contributed by atoms with Crippen molar-refractivity contribution in [2.75, 3.05) is 12.4 Å². The Morgan fingerprint density at radius 3 is 2.44 bits per heavy atom. The van der Waals surface area contributed by atoms with E-state index in [1.165, 1.54) is 5.56 Å². The van der Waals surface area contributed by atoms with Crippen LogP contribution in [0.4, 0.5) is 5.69 Å². The molecule has 0 atom stereocenters. The van der Waals surface area contributed by atoms with Crippen molar-refractivity contribution in [2.24, 2.45) is 0 Å². The van der Waals surface area contributed by atoms with E-state index < -0.39 is 0 Å². The number of hydrogen-bond acceptors (Lipinski definition) is 4. The predicted molar refractivity (Wildman–Crippen MR) is 128 cm³/mol. The summed E-state index contributed by atoms with van der Waals surface area (Å²) in [7, 11) is 1.62. The Morgan fingerprint density at radius 2 is 1.75 bits per heavy atom. The van der Waals surface area contributed by atoms with E-state index in [0.717, 1.165) is 44.8 Å². The molecule has 1 N–H and O–H groups in total. The van der Waals surface area contributed by atoms with Gasteiger partial charge < -0.3 is 10.1 Å². The number of para-hydroxylation sites is 1. The first-order valence-electron chi connectivity index (χ1n) is 10.7. The average Bonchev–Trinajstić information content (AvgIpc) is 3.11. The van der Waals surface area contributed by atoms with Gasteiger partial charge in [-0.3, -0.25) is 4.79 Å². The second-order valence-corrected chi connectivity index (χ2v) is 8.12. The topological polar surface area (TPSA) is 69.0 Å². The Labute approximate surface area is 188 Å². The van der Waals surface area contributed by atoms with Crippen molar-refractivity contribution in [3.05, 3.63) is 76.5 Å². The summed E-state index contributed by atoms with van der Waals surface area (Å²) in [5.41, 5.74) is 7.66. The van der Waals surface area contributed by atoms with Crippen LogP contribution in [0.1, 0.15) is 34.4 Å². The van der Waals surface area contributed by atoms with E-state index >= 15 is 0 Å². The standard InChI is InChI=1S/C26H28N4O2/c1-16-10-12-20(13-11-16)30-25-24(19(4)29-30)18(3)21(26(28-25)32-5)14-15-23(31)27-22-9-7-6-8-17(22)2/h6-13H,14-15H2,1-5H3,(H,27,31). The maximum Gasteiger partial charge on any atom is 0.224 e. The number of rotatable bonds is 6. The molecule has 0 fully saturated rings. The Hall–Kier alpha value is -3.67. The van der Waals surface area contributed by atoms with Crippen LogP contribution >= 0.6 is 0 Å². The van der Waals surface area contributed by atoms with Gasteiger partial charge in [-0.1, -0.05) is 35.9 Å². The van der Waals surface area contributed by atoms with E-state index in [1.807, 2.05) is 54.9 Å². The molecule has 0 aliphatic heterocycles. The van der Waals surface area contributed by atoms with E-state index in [-0.39, 0.29) is 5.91 Å². The number of aromatic nitrogens is 3. The Bertz CT molecular complexity index is 1290. The number of hydrogen-bond donors (Lipinski definition) is 1. The van der Waals surface area contributed by atoms with Crippen LogP contribution in [-0.2, 0) is 11.2 Å². The molecule has 0 unspecified atom stereocenters. The number of nitrogens with one attached hydrogen (secondary N) is 1. The summed E-state index contributed by atoms with van der Waals surface area (Å²) in [5, 5.41) is 8.75. The van der Waals surface area contributed by atoms with Gasteiger partial charge in [0.15, 0.2) is 5.65 Å². The lowest BCUT2D eigenvalue weighted by Crippen LogP contribution is -2.14. The number of aryl methyl sites for hydroxylation is 4. The van der Waals surface area contributed by atoms with Gasteiger partial charge in [0.1, 0.15) is 0 Å². The third kappa shape index (κ3) is 4.08. The van der Waals surface area contributed by atoms with E-state index in [1.54, 1.807) is 7.11 Å². The second-order valence-electron chi connectivity index (χ2n) is 8.12. The van der Waals surface area contributed by atoms with Crippen molar-refractivity contribution in [3.63, 3.8) is 0 Å². The molecule has 0 saturated carbocycles. The molecule has 6 heteroatoms. The van der Waals surface area contributed by atoms with Crippen molar-refractivity contribution in [1.29, 1.82) is 0 Å². The minimum absolute atomic E-state index is 0.0343. The molecule has 6 nitrogen and oxygen atoms in total. The Morgan fingerprint density at radius 1 is 1.03 bits per heavy atom. The number of pyridine rings is 1. The first kappa shape index (κ1) is 21.6. The third-order valence-corrected chi connectivity index (χ3v) is 5.82. The number of fused-ring (bicyclic) bond motifs is 1. The number of carbonyl (C=O) groups excluding carboxylic acids is 1. The van der Waals surface area contributed by atoms with Crippen molar-refractivity contribution >= 4 is 22.6 Å². The Balaban J connectivity index is 1.66. The van der Waals surface area contributed by atoms with E-state index in [9.17, 15) is 4.79 Å². The predicted octanol–water partition coefficient (Wildman–Crippen LogP) is 5.23. The molecule has 0 aliphatic rings. The SMILES string of the molecule is COc1nc2c(c(C)nn2-c2ccc(C)cc2)c(C)c1CCC(=O)Nc1ccccc1C. The van der Waals surface area contributed by atoms with Crippen LogP contribution in [0.25, 0.3) is 16.7 Å². The first-order valence-corrected chi connectivity index (χ1v) is 10.7. The summed E-state index contributed by atoms with van der Waals surface area (Å²) in [6.45, 7) is 8.08. The van der Waals surface area contributed by atoms with Crippen LogP contribution in [0.5, 0.6) is 5.88 Å². The summed E-state index contributed by atoms with van der Waals surface area (Å²) in [4.78, 5) is 17.4. The molecule has 0 saturated heterocycles. The summed E-state index contributed by atoms with van der Waals surface area (Å²) < 4.78 is 7.49. The number of amides is 1. The van der Waals surface area contributed by atoms with Gasteiger partial charge in [0.25, 0.3) is 0 Å². The maximum atomic E-state index is 12.6. The number of benzene rings is 2. The lowest BCUT2D eigenvalue weighted by Gasteiger charge is -2.13. The minimum Gasteiger partial charge on any atom is -0.481 e. The molecule has 2 aromatic heterocycles. The van der Waals surface area contributed by atoms with Gasteiger partial charge >= 0.3 is 0 Å². The third-order valence-electron chi connectivity index (χ3n) is 5.82. The lowest BCUT2D eigenvalue weighted by atomic mass is 10.0. The van der Waals surface area contributed by atoms with Gasteiger partial charge in [0.2, 0.25) is 11.8 Å². The van der Waals surface area contributed by atoms with Crippen molar-refractivity contribution < 1.29 is 9.53 Å². The van der Waals surface area contributed by atoms with E-state index in [4.69, 9.17) is 14.8 Å². The maximum absolute atomic E-state index is 12.6. The van der Waals surface area contributed by atoms with Gasteiger partial charge in [-0.15, -0.1) is 0 Å². The second kappa shape index (κ2) is 8.83. The highest BCUT2D eigenvalue weighted by atomic mass is 16.5. The normalized spacial score (nSPS) is 11.0. The molecule has 4 rings (SSSR count). The highest BCUT2D eigenvalue weighted by Crippen LogP contribution is 2.32. The largest absolute Gasteiger partial charge is 0.481 e. The molecule has 0 bridgehead atoms. The van der Waals surface area contributed by atoms with Gasteiger partial charge in [-0.05, 0) is 63.4 Å². The van der Waals surface area contributed by atoms with E-state index in [0.29, 0.717) is 18.7 Å². The number of carbonyl (C=O) groups is 1. The fraction of sp³-hybridized carbons (Fsp3) is 0.269. The van der Waals surface area contributed by atoms with Gasteiger partial charge in [-0.25, -0.2) is 4.68 Å². The van der Waals surface area contributed by atoms with Crippen molar-refractivity contribution in [3.8, 4) is 11.6 Å². The van der Waals surface area contributed by atoms with Crippen LogP contribution < -0.4 is 10.1 Å². The number of methoxy groups -OCH3 is 1. The van der Waals surface area contributed by atoms with Crippen LogP contribution in [0.2, 0.25) is 0 Å². The Kier molecular flexibility index (Phi) is 5.95. The van der Waals surface area contributed by atoms with E-state index in [2.05, 4.69) is 31.3 Å². The molecule has 0 aliphatic carbocycles. The highest BCUT2D eigenvalue weighted by molar-refractivity contribution is 5.92. The summed E-state index contributed by atoms with van der Waals surface area (Å²) in [5.74, 6) is 0.500. The van der Waals surface area contributed by atoms with Crippen molar-refractivity contribution in [2.45, 2.75) is 40.5 Å². The molecular weight excluding hydrogens is 400 g/mol. The molecule has 4 aromatic rings. The fourth-order valence-electron chi connectivity index (χ4n) is 4.03. The molecule has 0 radical (unpaired) electrons. The monoisotopic (exact) mass is 428 g/mol. The summed E-state index contributed by atoms with van der Waals surface area (Å²) in [6.07, 6.45) is 0.870. The molecule has 32 heavy (non-hydrogen) atoms. The molecule has 0 spiro atoms. The average molecular weight is 429 g/mol. The lowest BCUT2D eigenvalue weighted by molar-refractivity contribution is -0.116. The van der Waals surface area contributed by atoms with Gasteiger partial charge in [0.05, 0.1) is 18.5 Å². The molecule has 164 valence electrons. The first-order chi connectivity index (χ1) is 15.4. The van der Waals surface area contributed by atoms with Crippen molar-refractivity contribution in [1.82, 2.24) is 14.8 Å². The quantitative estimate of drug-likeness (QED) is 0.456. The molecular formula is C26H28N4O2. The zero-order valence-electron chi connectivity index (χ0n) is 19.2. The molecule has 1 amide bonds. The van der Waals surface area contributed by atoms with Crippen LogP contribution in [-0.4, -0.2) is 27.8 Å². The summed E-state index contributed by atoms with van der Waals surface area (Å²) in [6, 6.07) is 16.0. The van der Waals surface area contributed by atoms with Crippen LogP contribution in [0.15, 0.2) is 48.5 Å². The zero-order valence-corrected chi connectivity index (χ0v) is 19.2. The van der Waals surface area contributed by atoms with Crippen LogP contribution in [0, 0.1) is 27.7 Å². The zero-order chi connectivity index (χ0) is 22.8. The highest BCUT2D eigenvalue weighted by Gasteiger charge is 2.20. The van der Waals surface area contributed by atoms with Gasteiger partial charge in [0, 0.05) is 23.1 Å². The van der Waals surface area contributed by atoms with Crippen LogP contribution in [0.3, 0.4) is 0 Å². The smallest absolute Gasteiger partial charge is 0.224 e. The number of ether oxygens (including phenoxy) is 1. The van der Waals surface area contributed by atoms with Gasteiger partial charge in [-0.2, -0.15) is 10.1 Å². The molecule has 2 heterocycles. The summed E-state index contributed by atoms with van der Waals surface area (Å²) >= 11 is 0. The number of nitrogens with zero attached hydrogens (tertiary/aromatic N) is 3.